The Morgan fingerprint density at radius 3 is 3.17 bits per heavy atom. The molecule has 0 spiro atoms. The number of carbonyl (C=O) groups excluding carboxylic acids is 1. The van der Waals surface area contributed by atoms with E-state index in [9.17, 15) is 4.79 Å². The van der Waals surface area contributed by atoms with Crippen LogP contribution >= 0.6 is 11.3 Å². The molecule has 5 nitrogen and oxygen atoms in total. The van der Waals surface area contributed by atoms with Gasteiger partial charge in [0.15, 0.2) is 0 Å². The molecule has 0 radical (unpaired) electrons. The second kappa shape index (κ2) is 8.35. The van der Waals surface area contributed by atoms with Crippen molar-refractivity contribution in [1.29, 1.82) is 0 Å². The third-order valence-electron chi connectivity index (χ3n) is 4.21. The highest BCUT2D eigenvalue weighted by Gasteiger charge is 2.23. The average molecular weight is 345 g/mol. The van der Waals surface area contributed by atoms with E-state index >= 15 is 0 Å². The van der Waals surface area contributed by atoms with Gasteiger partial charge in [-0.25, -0.2) is 9.97 Å². The molecule has 0 aromatic carbocycles. The Labute approximate surface area is 146 Å². The summed E-state index contributed by atoms with van der Waals surface area (Å²) in [6.07, 6.45) is 3.81. The number of aromatic nitrogens is 2. The number of rotatable bonds is 5. The first-order valence-corrected chi connectivity index (χ1v) is 9.24. The normalized spacial score (nSPS) is 18.4. The largest absolute Gasteiger partial charge is 0.379 e. The molecule has 1 aliphatic heterocycles. The van der Waals surface area contributed by atoms with Crippen molar-refractivity contribution in [1.82, 2.24) is 14.9 Å². The lowest BCUT2D eigenvalue weighted by atomic mass is 10.0. The van der Waals surface area contributed by atoms with Crippen LogP contribution in [0, 0.1) is 12.8 Å². The molecule has 1 fully saturated rings. The molecule has 2 aromatic rings. The standard InChI is InChI=1S/C18H23N3O2S/c1-14-9-16(20-13-19-14)10-15-11-21(6-7-23-12-15)18(22)5-4-17-3-2-8-24-17/h2-3,8-9,13,15H,4-7,10-12H2,1H3/t15-/m0/s1. The molecule has 1 atom stereocenters. The summed E-state index contributed by atoms with van der Waals surface area (Å²) in [6, 6.07) is 6.13. The molecular formula is C18H23N3O2S. The lowest BCUT2D eigenvalue weighted by Crippen LogP contribution is -2.36. The lowest BCUT2D eigenvalue weighted by molar-refractivity contribution is -0.131. The predicted molar refractivity (Wildman–Crippen MR) is 94.0 cm³/mol. The van der Waals surface area contributed by atoms with Crippen molar-refractivity contribution < 1.29 is 9.53 Å². The Morgan fingerprint density at radius 1 is 1.46 bits per heavy atom. The van der Waals surface area contributed by atoms with Crippen LogP contribution in [0.4, 0.5) is 0 Å². The van der Waals surface area contributed by atoms with Crippen molar-refractivity contribution in [3.63, 3.8) is 0 Å². The second-order valence-electron chi connectivity index (χ2n) is 6.21. The predicted octanol–water partition coefficient (Wildman–Crippen LogP) is 2.50. The first-order valence-electron chi connectivity index (χ1n) is 8.36. The third-order valence-corrected chi connectivity index (χ3v) is 5.15. The van der Waals surface area contributed by atoms with E-state index in [1.807, 2.05) is 24.0 Å². The molecule has 2 aromatic heterocycles. The van der Waals surface area contributed by atoms with Crippen LogP contribution in [0.3, 0.4) is 0 Å². The van der Waals surface area contributed by atoms with Gasteiger partial charge in [0.05, 0.1) is 13.2 Å². The maximum Gasteiger partial charge on any atom is 0.223 e. The van der Waals surface area contributed by atoms with Gasteiger partial charge in [0.1, 0.15) is 6.33 Å². The average Bonchev–Trinajstić information content (AvgIpc) is 2.98. The van der Waals surface area contributed by atoms with Crippen LogP contribution in [0.2, 0.25) is 0 Å². The summed E-state index contributed by atoms with van der Waals surface area (Å²) in [5.41, 5.74) is 1.99. The number of ether oxygens (including phenoxy) is 1. The summed E-state index contributed by atoms with van der Waals surface area (Å²) in [5, 5.41) is 2.05. The van der Waals surface area contributed by atoms with E-state index in [2.05, 4.69) is 21.4 Å². The molecule has 128 valence electrons. The van der Waals surface area contributed by atoms with Crippen LogP contribution in [0.25, 0.3) is 0 Å². The van der Waals surface area contributed by atoms with Gasteiger partial charge in [-0.3, -0.25) is 4.79 Å². The van der Waals surface area contributed by atoms with Gasteiger partial charge < -0.3 is 9.64 Å². The molecule has 1 aliphatic rings. The van der Waals surface area contributed by atoms with Gasteiger partial charge in [-0.15, -0.1) is 11.3 Å². The van der Waals surface area contributed by atoms with E-state index in [-0.39, 0.29) is 11.8 Å². The molecule has 1 amide bonds. The van der Waals surface area contributed by atoms with Crippen molar-refractivity contribution in [2.75, 3.05) is 26.3 Å². The Hall–Kier alpha value is -1.79. The monoisotopic (exact) mass is 345 g/mol. The Balaban J connectivity index is 1.56. The molecule has 24 heavy (non-hydrogen) atoms. The van der Waals surface area contributed by atoms with Crippen LogP contribution in [-0.4, -0.2) is 47.1 Å². The number of aryl methyl sites for hydroxylation is 2. The smallest absolute Gasteiger partial charge is 0.223 e. The van der Waals surface area contributed by atoms with Crippen molar-refractivity contribution in [2.24, 2.45) is 5.92 Å². The fourth-order valence-electron chi connectivity index (χ4n) is 2.99. The minimum absolute atomic E-state index is 0.220. The number of thiophene rings is 1. The number of hydrogen-bond donors (Lipinski definition) is 0. The van der Waals surface area contributed by atoms with E-state index in [1.54, 1.807) is 17.7 Å². The highest BCUT2D eigenvalue weighted by molar-refractivity contribution is 7.09. The zero-order chi connectivity index (χ0) is 16.8. The molecule has 1 saturated heterocycles. The molecule has 0 saturated carbocycles. The van der Waals surface area contributed by atoms with Crippen LogP contribution < -0.4 is 0 Å². The highest BCUT2D eigenvalue weighted by atomic mass is 32.1. The van der Waals surface area contributed by atoms with Crippen LogP contribution in [0.15, 0.2) is 29.9 Å². The van der Waals surface area contributed by atoms with Crippen molar-refractivity contribution in [3.8, 4) is 0 Å². The summed E-state index contributed by atoms with van der Waals surface area (Å²) in [6.45, 7) is 4.69. The molecule has 0 unspecified atom stereocenters. The zero-order valence-corrected chi connectivity index (χ0v) is 14.8. The summed E-state index contributed by atoms with van der Waals surface area (Å²) in [5.74, 6) is 0.505. The van der Waals surface area contributed by atoms with Crippen LogP contribution in [-0.2, 0) is 22.4 Å². The van der Waals surface area contributed by atoms with Gasteiger partial charge >= 0.3 is 0 Å². The Bertz CT molecular complexity index is 660. The number of amides is 1. The topological polar surface area (TPSA) is 55.3 Å². The molecule has 0 N–H and O–H groups in total. The molecule has 3 heterocycles. The fourth-order valence-corrected chi connectivity index (χ4v) is 3.70. The van der Waals surface area contributed by atoms with E-state index in [1.165, 1.54) is 4.88 Å². The minimum Gasteiger partial charge on any atom is -0.379 e. The van der Waals surface area contributed by atoms with Crippen molar-refractivity contribution in [3.05, 3.63) is 46.2 Å². The lowest BCUT2D eigenvalue weighted by Gasteiger charge is -2.23. The van der Waals surface area contributed by atoms with Crippen LogP contribution in [0.5, 0.6) is 0 Å². The first kappa shape index (κ1) is 17.0. The van der Waals surface area contributed by atoms with Gasteiger partial charge in [0, 0.05) is 41.7 Å². The molecule has 0 bridgehead atoms. The van der Waals surface area contributed by atoms with Crippen molar-refractivity contribution >= 4 is 17.2 Å². The van der Waals surface area contributed by atoms with Gasteiger partial charge in [0.2, 0.25) is 5.91 Å². The molecule has 3 rings (SSSR count). The summed E-state index contributed by atoms with van der Waals surface area (Å²) in [7, 11) is 0. The maximum atomic E-state index is 12.5. The fraction of sp³-hybridized carbons (Fsp3) is 0.500. The summed E-state index contributed by atoms with van der Waals surface area (Å²) < 4.78 is 5.71. The quantitative estimate of drug-likeness (QED) is 0.835. The van der Waals surface area contributed by atoms with E-state index < -0.39 is 0 Å². The highest BCUT2D eigenvalue weighted by Crippen LogP contribution is 2.16. The van der Waals surface area contributed by atoms with E-state index in [0.717, 1.165) is 30.8 Å². The molecule has 0 aliphatic carbocycles. The minimum atomic E-state index is 0.220. The Morgan fingerprint density at radius 2 is 2.38 bits per heavy atom. The SMILES string of the molecule is Cc1cc(C[C@@H]2COCCN(C(=O)CCc3cccs3)C2)ncn1. The van der Waals surface area contributed by atoms with Crippen molar-refractivity contribution in [2.45, 2.75) is 26.2 Å². The van der Waals surface area contributed by atoms with Gasteiger partial charge in [-0.05, 0) is 37.3 Å². The van der Waals surface area contributed by atoms with E-state index in [4.69, 9.17) is 4.74 Å². The zero-order valence-electron chi connectivity index (χ0n) is 14.0. The summed E-state index contributed by atoms with van der Waals surface area (Å²) in [4.78, 5) is 24.2. The molecular weight excluding hydrogens is 322 g/mol. The maximum absolute atomic E-state index is 12.5. The first-order chi connectivity index (χ1) is 11.7. The van der Waals surface area contributed by atoms with Gasteiger partial charge in [-0.2, -0.15) is 0 Å². The van der Waals surface area contributed by atoms with Gasteiger partial charge in [0.25, 0.3) is 0 Å². The van der Waals surface area contributed by atoms with Crippen LogP contribution in [0.1, 0.15) is 22.7 Å². The Kier molecular flexibility index (Phi) is 5.93. The molecule has 6 heteroatoms. The number of carbonyl (C=O) groups is 1. The number of nitrogens with zero attached hydrogens (tertiary/aromatic N) is 3. The number of hydrogen-bond acceptors (Lipinski definition) is 5. The second-order valence-corrected chi connectivity index (χ2v) is 7.25. The summed E-state index contributed by atoms with van der Waals surface area (Å²) >= 11 is 1.71. The van der Waals surface area contributed by atoms with E-state index in [0.29, 0.717) is 26.2 Å². The third kappa shape index (κ3) is 4.85. The van der Waals surface area contributed by atoms with Gasteiger partial charge in [-0.1, -0.05) is 6.07 Å².